The zero-order chi connectivity index (χ0) is 10.8. The van der Waals surface area contributed by atoms with Gasteiger partial charge in [0.15, 0.2) is 11.6 Å². The molecule has 2 heterocycles. The normalized spacial score (nSPS) is 15.6. The highest BCUT2D eigenvalue weighted by Crippen LogP contribution is 2.18. The van der Waals surface area contributed by atoms with Crippen LogP contribution >= 0.6 is 12.4 Å². The second kappa shape index (κ2) is 5.07. The molecule has 0 aliphatic carbocycles. The van der Waals surface area contributed by atoms with E-state index in [1.807, 2.05) is 0 Å². The number of nitrogens with two attached hydrogens (primary N) is 2. The number of piperidine rings is 1. The first-order chi connectivity index (χ1) is 7.18. The summed E-state index contributed by atoms with van der Waals surface area (Å²) in [7, 11) is 0. The van der Waals surface area contributed by atoms with Gasteiger partial charge in [0, 0.05) is 13.1 Å². The summed E-state index contributed by atoms with van der Waals surface area (Å²) in [6.07, 6.45) is 3.54. The summed E-state index contributed by atoms with van der Waals surface area (Å²) in [6, 6.07) is 1.58. The van der Waals surface area contributed by atoms with Crippen LogP contribution < -0.4 is 21.1 Å². The van der Waals surface area contributed by atoms with Crippen molar-refractivity contribution in [2.45, 2.75) is 19.3 Å². The summed E-state index contributed by atoms with van der Waals surface area (Å²) in [5.74, 6) is 0.718. The van der Waals surface area contributed by atoms with Crippen molar-refractivity contribution >= 4 is 30.0 Å². The van der Waals surface area contributed by atoms with Crippen LogP contribution in [0.1, 0.15) is 19.3 Å². The van der Waals surface area contributed by atoms with Crippen LogP contribution in [0.5, 0.6) is 0 Å². The molecule has 90 valence electrons. The highest BCUT2D eigenvalue weighted by molar-refractivity contribution is 5.85. The van der Waals surface area contributed by atoms with Gasteiger partial charge in [-0.05, 0) is 19.3 Å². The molecule has 1 fully saturated rings. The molecule has 16 heavy (non-hydrogen) atoms. The molecule has 7 heteroatoms. The Labute approximate surface area is 100 Å². The SMILES string of the molecule is Cl.Nc1cc(N2CCCCC2)nc(N)[n+]1[O-]. The first-order valence-corrected chi connectivity index (χ1v) is 5.09. The van der Waals surface area contributed by atoms with Crippen LogP contribution in [0.3, 0.4) is 0 Å². The molecule has 1 aromatic rings. The van der Waals surface area contributed by atoms with E-state index in [0.29, 0.717) is 10.5 Å². The number of nitrogens with zero attached hydrogens (tertiary/aromatic N) is 3. The van der Waals surface area contributed by atoms with Gasteiger partial charge in [0.1, 0.15) is 0 Å². The average molecular weight is 246 g/mol. The van der Waals surface area contributed by atoms with E-state index in [0.717, 1.165) is 25.9 Å². The van der Waals surface area contributed by atoms with Crippen LogP contribution in [0.25, 0.3) is 0 Å². The Bertz CT molecular complexity index is 344. The van der Waals surface area contributed by atoms with Crippen molar-refractivity contribution in [1.82, 2.24) is 4.98 Å². The lowest BCUT2D eigenvalue weighted by Crippen LogP contribution is -2.38. The van der Waals surface area contributed by atoms with E-state index < -0.39 is 0 Å². The van der Waals surface area contributed by atoms with E-state index in [1.54, 1.807) is 6.07 Å². The van der Waals surface area contributed by atoms with Crippen LogP contribution in [0.2, 0.25) is 0 Å². The van der Waals surface area contributed by atoms with Crippen molar-refractivity contribution in [2.24, 2.45) is 0 Å². The second-order valence-corrected chi connectivity index (χ2v) is 3.74. The van der Waals surface area contributed by atoms with E-state index in [2.05, 4.69) is 9.88 Å². The summed E-state index contributed by atoms with van der Waals surface area (Å²) < 4.78 is 0.438. The van der Waals surface area contributed by atoms with Gasteiger partial charge in [0.25, 0.3) is 0 Å². The van der Waals surface area contributed by atoms with Crippen molar-refractivity contribution in [3.05, 3.63) is 11.3 Å². The third-order valence-electron chi connectivity index (χ3n) is 2.63. The van der Waals surface area contributed by atoms with Gasteiger partial charge >= 0.3 is 5.95 Å². The molecule has 1 aliphatic heterocycles. The lowest BCUT2D eigenvalue weighted by atomic mass is 10.1. The topological polar surface area (TPSA) is 95.1 Å². The Kier molecular flexibility index (Phi) is 4.00. The van der Waals surface area contributed by atoms with Crippen LogP contribution in [0, 0.1) is 5.21 Å². The minimum absolute atomic E-state index is 0. The Balaban J connectivity index is 0.00000128. The smallest absolute Gasteiger partial charge is 0.346 e. The molecule has 0 spiro atoms. The number of aromatic nitrogens is 2. The molecule has 1 aliphatic rings. The maximum absolute atomic E-state index is 11.2. The lowest BCUT2D eigenvalue weighted by molar-refractivity contribution is -0.576. The predicted molar refractivity (Wildman–Crippen MR) is 65.3 cm³/mol. The van der Waals surface area contributed by atoms with E-state index >= 15 is 0 Å². The highest BCUT2D eigenvalue weighted by atomic mass is 35.5. The van der Waals surface area contributed by atoms with Gasteiger partial charge in [-0.3, -0.25) is 0 Å². The Morgan fingerprint density at radius 2 is 1.88 bits per heavy atom. The number of halogens is 1. The van der Waals surface area contributed by atoms with Crippen LogP contribution in [0.15, 0.2) is 6.07 Å². The van der Waals surface area contributed by atoms with Crippen molar-refractivity contribution in [3.8, 4) is 0 Å². The number of hydrogen-bond donors (Lipinski definition) is 2. The average Bonchev–Trinajstić information content (AvgIpc) is 2.26. The Hall–Kier alpha value is -1.43. The maximum atomic E-state index is 11.2. The molecular weight excluding hydrogens is 230 g/mol. The molecule has 0 saturated carbocycles. The minimum Gasteiger partial charge on any atom is -0.754 e. The molecule has 1 saturated heterocycles. The maximum Gasteiger partial charge on any atom is 0.346 e. The molecule has 0 amide bonds. The third kappa shape index (κ3) is 2.38. The van der Waals surface area contributed by atoms with Gasteiger partial charge in [-0.15, -0.1) is 12.4 Å². The summed E-state index contributed by atoms with van der Waals surface area (Å²) in [5, 5.41) is 11.2. The first-order valence-electron chi connectivity index (χ1n) is 5.09. The zero-order valence-corrected chi connectivity index (χ0v) is 9.74. The quantitative estimate of drug-likeness (QED) is 0.548. The lowest BCUT2D eigenvalue weighted by Gasteiger charge is -2.26. The van der Waals surface area contributed by atoms with Gasteiger partial charge in [0.05, 0.1) is 6.07 Å². The van der Waals surface area contributed by atoms with Crippen molar-refractivity contribution < 1.29 is 4.73 Å². The second-order valence-electron chi connectivity index (χ2n) is 3.74. The largest absolute Gasteiger partial charge is 0.754 e. The molecule has 6 nitrogen and oxygen atoms in total. The first kappa shape index (κ1) is 12.6. The molecular formula is C9H16ClN5O. The van der Waals surface area contributed by atoms with Crippen LogP contribution in [0.4, 0.5) is 17.6 Å². The standard InChI is InChI=1S/C9H15N5O.ClH/c10-7-6-8(12-9(11)14(7)15)13-4-2-1-3-5-13;/h6H,1-5,10H2,(H2,11,12);1H. The van der Waals surface area contributed by atoms with Crippen molar-refractivity contribution in [1.29, 1.82) is 0 Å². The molecule has 2 rings (SSSR count). The van der Waals surface area contributed by atoms with Crippen LogP contribution in [-0.4, -0.2) is 18.1 Å². The van der Waals surface area contributed by atoms with Crippen LogP contribution in [-0.2, 0) is 0 Å². The van der Waals surface area contributed by atoms with Crippen molar-refractivity contribution in [3.63, 3.8) is 0 Å². The fourth-order valence-electron chi connectivity index (χ4n) is 1.80. The molecule has 0 atom stereocenters. The fourth-order valence-corrected chi connectivity index (χ4v) is 1.80. The third-order valence-corrected chi connectivity index (χ3v) is 2.63. The molecule has 1 aromatic heterocycles. The van der Waals surface area contributed by atoms with E-state index in [4.69, 9.17) is 11.5 Å². The Morgan fingerprint density at radius 3 is 2.44 bits per heavy atom. The molecule has 0 unspecified atom stereocenters. The summed E-state index contributed by atoms with van der Waals surface area (Å²) >= 11 is 0. The molecule has 0 bridgehead atoms. The zero-order valence-electron chi connectivity index (χ0n) is 8.93. The Morgan fingerprint density at radius 1 is 1.25 bits per heavy atom. The fraction of sp³-hybridized carbons (Fsp3) is 0.556. The summed E-state index contributed by atoms with van der Waals surface area (Å²) in [6.45, 7) is 1.91. The van der Waals surface area contributed by atoms with Gasteiger partial charge in [-0.1, -0.05) is 4.98 Å². The van der Waals surface area contributed by atoms with E-state index in [1.165, 1.54) is 6.42 Å². The monoisotopic (exact) mass is 245 g/mol. The van der Waals surface area contributed by atoms with Gasteiger partial charge in [-0.25, -0.2) is 4.73 Å². The van der Waals surface area contributed by atoms with Gasteiger partial charge in [-0.2, -0.15) is 0 Å². The summed E-state index contributed by atoms with van der Waals surface area (Å²) in [5.41, 5.74) is 11.0. The van der Waals surface area contributed by atoms with Crippen molar-refractivity contribution in [2.75, 3.05) is 29.5 Å². The van der Waals surface area contributed by atoms with Gasteiger partial charge < -0.3 is 21.6 Å². The minimum atomic E-state index is -0.0874. The van der Waals surface area contributed by atoms with E-state index in [-0.39, 0.29) is 24.2 Å². The number of anilines is 3. The number of hydrogen-bond acceptors (Lipinski definition) is 5. The summed E-state index contributed by atoms with van der Waals surface area (Å²) in [4.78, 5) is 6.14. The number of rotatable bonds is 1. The molecule has 0 aromatic carbocycles. The van der Waals surface area contributed by atoms with E-state index in [9.17, 15) is 5.21 Å². The molecule has 0 radical (unpaired) electrons. The predicted octanol–water partition coefficient (Wildman–Crippen LogP) is 0.291. The molecule has 4 N–H and O–H groups in total. The highest BCUT2D eigenvalue weighted by Gasteiger charge is 2.16. The van der Waals surface area contributed by atoms with Gasteiger partial charge in [0.2, 0.25) is 0 Å². The number of nitrogen functional groups attached to an aromatic ring is 2.